The summed E-state index contributed by atoms with van der Waals surface area (Å²) < 4.78 is 11.2. The highest BCUT2D eigenvalue weighted by atomic mass is 16.6. The molecule has 8 N–H and O–H groups in total. The second kappa shape index (κ2) is 32.1. The second-order valence-electron chi connectivity index (χ2n) is 17.0. The van der Waals surface area contributed by atoms with Gasteiger partial charge in [-0.15, -0.1) is 0 Å². The molecular formula is C47H81N5O10. The van der Waals surface area contributed by atoms with E-state index in [1.165, 1.54) is 82.5 Å². The number of Topliss-reactive ketones (excluding diaryl/α,β-unsaturated/α-hetero) is 1. The summed E-state index contributed by atoms with van der Waals surface area (Å²) in [6.45, 7) is 3.99. The van der Waals surface area contributed by atoms with Crippen molar-refractivity contribution in [3.8, 4) is 0 Å². The van der Waals surface area contributed by atoms with Crippen LogP contribution in [0.15, 0.2) is 30.3 Å². The highest BCUT2D eigenvalue weighted by molar-refractivity contribution is 5.92. The van der Waals surface area contributed by atoms with Crippen LogP contribution in [0.3, 0.4) is 0 Å². The quantitative estimate of drug-likeness (QED) is 0.0319. The van der Waals surface area contributed by atoms with Crippen LogP contribution in [0, 0.1) is 5.92 Å². The maximum Gasteiger partial charge on any atom is 0.408 e. The van der Waals surface area contributed by atoms with E-state index in [-0.39, 0.29) is 25.5 Å². The smallest absolute Gasteiger partial charge is 0.408 e. The lowest BCUT2D eigenvalue weighted by Gasteiger charge is -2.52. The molecular weight excluding hydrogens is 795 g/mol. The molecule has 6 atom stereocenters. The summed E-state index contributed by atoms with van der Waals surface area (Å²) in [5.74, 6) is -6.56. The molecule has 62 heavy (non-hydrogen) atoms. The van der Waals surface area contributed by atoms with Gasteiger partial charge in [-0.2, -0.15) is 0 Å². The SMILES string of the molecule is CCCCCCCCCCCCCCN(C(=O)CCCCCCCCCCC)[C@]1(N)O[C@H](CO)[C@@H](O)[C@H](O)[C@H]1C(=O)CNC(=O)CNC(=O)[C@H](C)NC(=O)OCc1ccccc1. The number of ketones is 1. The third-order valence-corrected chi connectivity index (χ3v) is 11.7. The molecule has 1 fully saturated rings. The standard InChI is InChI=1S/C47H81N5O10/c1-4-6-8-10-12-14-15-16-18-20-22-27-31-52(41(56)30-26-21-19-17-13-11-9-7-5-2)47(48)42(44(58)43(57)39(34-53)62-47)38(54)32-49-40(55)33-50-45(59)36(3)51-46(60)61-35-37-28-24-23-25-29-37/h23-25,28-29,36,39,42-44,53,57-58H,4-22,26-27,30-35,48H2,1-3H3,(H,49,55)(H,50,59)(H,51,60)/t36-,39+,42+,43+,44+,47-/m0/s1. The molecule has 0 radical (unpaired) electrons. The van der Waals surface area contributed by atoms with Crippen molar-refractivity contribution in [3.05, 3.63) is 35.9 Å². The minimum Gasteiger partial charge on any atom is -0.445 e. The molecule has 1 heterocycles. The largest absolute Gasteiger partial charge is 0.445 e. The monoisotopic (exact) mass is 876 g/mol. The van der Waals surface area contributed by atoms with E-state index >= 15 is 0 Å². The summed E-state index contributed by atoms with van der Waals surface area (Å²) in [4.78, 5) is 66.9. The fourth-order valence-electron chi connectivity index (χ4n) is 7.86. The molecule has 0 aromatic heterocycles. The summed E-state index contributed by atoms with van der Waals surface area (Å²) in [5, 5.41) is 39.6. The van der Waals surface area contributed by atoms with Crippen LogP contribution in [-0.2, 0) is 35.3 Å². The molecule has 1 aromatic rings. The molecule has 0 aliphatic carbocycles. The van der Waals surface area contributed by atoms with Crippen LogP contribution in [0.4, 0.5) is 4.79 Å². The number of unbranched alkanes of at least 4 members (excludes halogenated alkanes) is 19. The van der Waals surface area contributed by atoms with Gasteiger partial charge in [0.25, 0.3) is 0 Å². The number of nitrogens with one attached hydrogen (secondary N) is 3. The number of hydrogen-bond donors (Lipinski definition) is 7. The zero-order valence-corrected chi connectivity index (χ0v) is 38.1. The Morgan fingerprint density at radius 1 is 0.742 bits per heavy atom. The van der Waals surface area contributed by atoms with E-state index in [0.717, 1.165) is 56.9 Å². The molecule has 354 valence electrons. The maximum atomic E-state index is 14.1. The van der Waals surface area contributed by atoms with Crippen LogP contribution in [0.2, 0.25) is 0 Å². The van der Waals surface area contributed by atoms with Crippen molar-refractivity contribution in [2.45, 2.75) is 199 Å². The summed E-state index contributed by atoms with van der Waals surface area (Å²) in [5.41, 5.74) is 7.68. The van der Waals surface area contributed by atoms with Gasteiger partial charge in [0, 0.05) is 13.0 Å². The van der Waals surface area contributed by atoms with Crippen LogP contribution >= 0.6 is 0 Å². The van der Waals surface area contributed by atoms with Gasteiger partial charge in [-0.05, 0) is 25.3 Å². The van der Waals surface area contributed by atoms with Gasteiger partial charge in [0.2, 0.25) is 23.6 Å². The van der Waals surface area contributed by atoms with Crippen molar-refractivity contribution < 1.29 is 48.8 Å². The van der Waals surface area contributed by atoms with E-state index in [2.05, 4.69) is 29.8 Å². The van der Waals surface area contributed by atoms with E-state index < -0.39 is 79.5 Å². The number of amides is 4. The van der Waals surface area contributed by atoms with Crippen LogP contribution in [0.25, 0.3) is 0 Å². The second-order valence-corrected chi connectivity index (χ2v) is 17.0. The minimum absolute atomic E-state index is 0.00454. The Kier molecular flexibility index (Phi) is 28.2. The number of nitrogens with zero attached hydrogens (tertiary/aromatic N) is 1. The fourth-order valence-corrected chi connectivity index (χ4v) is 7.86. The molecule has 0 unspecified atom stereocenters. The van der Waals surface area contributed by atoms with Gasteiger partial charge in [0.15, 0.2) is 5.78 Å². The number of nitrogens with two attached hydrogens (primary N) is 1. The zero-order chi connectivity index (χ0) is 45.6. The van der Waals surface area contributed by atoms with Gasteiger partial charge in [0.05, 0.1) is 25.8 Å². The Morgan fingerprint density at radius 2 is 1.26 bits per heavy atom. The van der Waals surface area contributed by atoms with Gasteiger partial charge in [-0.3, -0.25) is 24.9 Å². The molecule has 1 aliphatic rings. The molecule has 1 aromatic carbocycles. The molecule has 0 saturated carbocycles. The fraction of sp³-hybridized carbons (Fsp3) is 0.766. The van der Waals surface area contributed by atoms with Gasteiger partial charge >= 0.3 is 6.09 Å². The first kappa shape index (κ1) is 54.5. The third kappa shape index (κ3) is 20.7. The summed E-state index contributed by atoms with van der Waals surface area (Å²) in [7, 11) is 0. The molecule has 15 heteroatoms. The van der Waals surface area contributed by atoms with Crippen molar-refractivity contribution in [1.29, 1.82) is 0 Å². The number of ether oxygens (including phenoxy) is 2. The van der Waals surface area contributed by atoms with E-state index in [1.54, 1.807) is 24.3 Å². The Balaban J connectivity index is 2.05. The predicted octanol–water partition coefficient (Wildman–Crippen LogP) is 5.90. The summed E-state index contributed by atoms with van der Waals surface area (Å²) in [6.07, 6.45) is 17.1. The van der Waals surface area contributed by atoms with E-state index in [9.17, 15) is 39.3 Å². The van der Waals surface area contributed by atoms with Crippen LogP contribution in [0.5, 0.6) is 0 Å². The van der Waals surface area contributed by atoms with Crippen molar-refractivity contribution >= 4 is 29.6 Å². The normalized spacial score (nSPS) is 20.2. The van der Waals surface area contributed by atoms with Crippen LogP contribution in [0.1, 0.15) is 168 Å². The van der Waals surface area contributed by atoms with Gasteiger partial charge < -0.3 is 45.6 Å². The van der Waals surface area contributed by atoms with E-state index in [4.69, 9.17) is 15.2 Å². The molecule has 1 saturated heterocycles. The highest BCUT2D eigenvalue weighted by Gasteiger charge is 2.58. The van der Waals surface area contributed by atoms with Gasteiger partial charge in [0.1, 0.15) is 30.8 Å². The van der Waals surface area contributed by atoms with Gasteiger partial charge in [-0.25, -0.2) is 4.79 Å². The average Bonchev–Trinajstić information content (AvgIpc) is 3.26. The Morgan fingerprint density at radius 3 is 1.79 bits per heavy atom. The first-order valence-electron chi connectivity index (χ1n) is 23.7. The number of benzene rings is 1. The third-order valence-electron chi connectivity index (χ3n) is 11.7. The predicted molar refractivity (Wildman–Crippen MR) is 239 cm³/mol. The molecule has 1 aliphatic heterocycles. The van der Waals surface area contributed by atoms with Crippen molar-refractivity contribution in [2.24, 2.45) is 11.7 Å². The van der Waals surface area contributed by atoms with Crippen LogP contribution < -0.4 is 21.7 Å². The summed E-state index contributed by atoms with van der Waals surface area (Å²) in [6, 6.07) is 7.95. The van der Waals surface area contributed by atoms with E-state index in [0.29, 0.717) is 12.8 Å². The number of carbonyl (C=O) groups is 5. The number of alkyl carbamates (subject to hydrolysis) is 1. The topological polar surface area (TPSA) is 230 Å². The number of aliphatic hydroxyl groups excluding tert-OH is 3. The number of rotatable bonds is 34. The lowest BCUT2D eigenvalue weighted by molar-refractivity contribution is -0.291. The molecule has 0 spiro atoms. The maximum absolute atomic E-state index is 14.1. The Labute approximate surface area is 371 Å². The first-order valence-corrected chi connectivity index (χ1v) is 23.7. The highest BCUT2D eigenvalue weighted by Crippen LogP contribution is 2.36. The molecule has 2 rings (SSSR count). The van der Waals surface area contributed by atoms with E-state index in [1.807, 2.05) is 6.07 Å². The molecule has 0 bridgehead atoms. The minimum atomic E-state index is -2.24. The number of aliphatic hydroxyl groups is 3. The van der Waals surface area contributed by atoms with Gasteiger partial charge in [-0.1, -0.05) is 166 Å². The number of hydrogen-bond acceptors (Lipinski definition) is 11. The molecule has 15 nitrogen and oxygen atoms in total. The first-order chi connectivity index (χ1) is 29.9. The zero-order valence-electron chi connectivity index (χ0n) is 38.1. The summed E-state index contributed by atoms with van der Waals surface area (Å²) >= 11 is 0. The average molecular weight is 876 g/mol. The van der Waals surface area contributed by atoms with Crippen molar-refractivity contribution in [3.63, 3.8) is 0 Å². The Hall–Kier alpha value is -3.63. The van der Waals surface area contributed by atoms with Crippen molar-refractivity contribution in [1.82, 2.24) is 20.9 Å². The lowest BCUT2D eigenvalue weighted by atomic mass is 9.82. The lowest BCUT2D eigenvalue weighted by Crippen LogP contribution is -2.75. The molecule has 4 amide bonds. The number of carbonyl (C=O) groups excluding carboxylic acids is 5. The van der Waals surface area contributed by atoms with Crippen molar-refractivity contribution in [2.75, 3.05) is 26.2 Å². The van der Waals surface area contributed by atoms with Crippen LogP contribution in [-0.4, -0.2) is 106 Å². The Bertz CT molecular complexity index is 1420.